The topological polar surface area (TPSA) is 172 Å². The quantitative estimate of drug-likeness (QED) is 0.265. The van der Waals surface area contributed by atoms with Crippen LogP contribution in [-0.2, 0) is 16.0 Å². The fraction of sp³-hybridized carbons (Fsp3) is 0.300. The SMILES string of the molecule is O=C(CNC(=O)c1cc(NC2=NCC(O)CN2)cs1)NC(Cc1cc(Cl)cc(Cl)c1O)C(=O)O. The Hall–Kier alpha value is -3.06. The lowest BCUT2D eigenvalue weighted by atomic mass is 10.0. The van der Waals surface area contributed by atoms with E-state index in [0.717, 1.165) is 11.3 Å². The van der Waals surface area contributed by atoms with Crippen LogP contribution in [-0.4, -0.2) is 70.8 Å². The Bertz CT molecular complexity index is 1120. The molecule has 2 amide bonds. The van der Waals surface area contributed by atoms with E-state index in [1.807, 2.05) is 0 Å². The summed E-state index contributed by atoms with van der Waals surface area (Å²) in [7, 11) is 0. The lowest BCUT2D eigenvalue weighted by Gasteiger charge is -2.19. The molecule has 1 aromatic heterocycles. The van der Waals surface area contributed by atoms with Gasteiger partial charge in [-0.1, -0.05) is 23.2 Å². The smallest absolute Gasteiger partial charge is 0.326 e. The van der Waals surface area contributed by atoms with Gasteiger partial charge in [-0.3, -0.25) is 14.6 Å². The van der Waals surface area contributed by atoms with Crippen LogP contribution in [0.25, 0.3) is 0 Å². The van der Waals surface area contributed by atoms with Crippen LogP contribution in [0.3, 0.4) is 0 Å². The summed E-state index contributed by atoms with van der Waals surface area (Å²) >= 11 is 12.9. The second-order valence-electron chi connectivity index (χ2n) is 7.29. The molecule has 7 N–H and O–H groups in total. The highest BCUT2D eigenvalue weighted by Crippen LogP contribution is 2.32. The number of carbonyl (C=O) groups is 3. The highest BCUT2D eigenvalue weighted by atomic mass is 35.5. The van der Waals surface area contributed by atoms with Gasteiger partial charge in [-0.25, -0.2) is 4.79 Å². The summed E-state index contributed by atoms with van der Waals surface area (Å²) in [4.78, 5) is 40.6. The van der Waals surface area contributed by atoms with Crippen LogP contribution < -0.4 is 21.3 Å². The van der Waals surface area contributed by atoms with Gasteiger partial charge in [-0.2, -0.15) is 0 Å². The number of aliphatic hydroxyl groups is 1. The highest BCUT2D eigenvalue weighted by molar-refractivity contribution is 7.12. The number of nitrogens with zero attached hydrogens (tertiary/aromatic N) is 1. The van der Waals surface area contributed by atoms with E-state index in [9.17, 15) is 29.7 Å². The zero-order valence-corrected chi connectivity index (χ0v) is 19.8. The Labute approximate surface area is 207 Å². The van der Waals surface area contributed by atoms with E-state index < -0.39 is 36.5 Å². The summed E-state index contributed by atoms with van der Waals surface area (Å²) in [5.74, 6) is -2.44. The lowest BCUT2D eigenvalue weighted by molar-refractivity contribution is -0.141. The molecule has 0 bridgehead atoms. The minimum atomic E-state index is -1.38. The number of carboxylic acid groups (broad SMARTS) is 1. The first-order valence-corrected chi connectivity index (χ1v) is 11.5. The predicted octanol–water partition coefficient (Wildman–Crippen LogP) is 1.03. The van der Waals surface area contributed by atoms with Crippen molar-refractivity contribution in [1.82, 2.24) is 16.0 Å². The number of carbonyl (C=O) groups excluding carboxylic acids is 2. The number of aromatic hydroxyl groups is 1. The van der Waals surface area contributed by atoms with E-state index in [-0.39, 0.29) is 34.3 Å². The number of anilines is 1. The molecule has 11 nitrogen and oxygen atoms in total. The summed E-state index contributed by atoms with van der Waals surface area (Å²) in [6, 6.07) is 2.84. The van der Waals surface area contributed by atoms with Crippen molar-refractivity contribution < 1.29 is 29.7 Å². The largest absolute Gasteiger partial charge is 0.506 e. The molecule has 0 radical (unpaired) electrons. The standard InChI is InChI=1S/C20H21Cl2N5O6S/c21-10-1-9(17(30)13(22)3-10)2-14(19(32)33)27-16(29)7-23-18(31)15-4-11(8-34-15)26-20-24-5-12(28)6-25-20/h1,3-4,8,12,14,28,30H,2,5-7H2,(H,23,31)(H,27,29)(H,32,33)(H2,24,25,26). The van der Waals surface area contributed by atoms with Gasteiger partial charge in [-0.15, -0.1) is 11.3 Å². The number of hydrogen-bond donors (Lipinski definition) is 7. The summed E-state index contributed by atoms with van der Waals surface area (Å²) < 4.78 is 0. The molecule has 1 aliphatic rings. The molecule has 14 heteroatoms. The minimum Gasteiger partial charge on any atom is -0.506 e. The third kappa shape index (κ3) is 6.97. The van der Waals surface area contributed by atoms with Crippen LogP contribution >= 0.6 is 34.5 Å². The van der Waals surface area contributed by atoms with Gasteiger partial charge >= 0.3 is 5.97 Å². The molecule has 0 saturated carbocycles. The Morgan fingerprint density at radius 3 is 2.71 bits per heavy atom. The van der Waals surface area contributed by atoms with Gasteiger partial charge in [0.15, 0.2) is 5.96 Å². The Morgan fingerprint density at radius 1 is 1.26 bits per heavy atom. The maximum absolute atomic E-state index is 12.4. The van der Waals surface area contributed by atoms with Crippen molar-refractivity contribution in [1.29, 1.82) is 0 Å². The van der Waals surface area contributed by atoms with Crippen molar-refractivity contribution in [2.45, 2.75) is 18.6 Å². The Balaban J connectivity index is 1.53. The summed E-state index contributed by atoms with van der Waals surface area (Å²) in [5, 5.41) is 41.4. The molecule has 0 spiro atoms. The molecule has 0 fully saturated rings. The van der Waals surface area contributed by atoms with Gasteiger partial charge in [0.05, 0.1) is 34.8 Å². The maximum Gasteiger partial charge on any atom is 0.326 e. The molecule has 2 aromatic rings. The average molecular weight is 530 g/mol. The summed E-state index contributed by atoms with van der Waals surface area (Å²) in [6.45, 7) is 0.167. The van der Waals surface area contributed by atoms with Crippen molar-refractivity contribution in [3.63, 3.8) is 0 Å². The Kier molecular flexibility index (Phi) is 8.56. The number of thiophene rings is 1. The van der Waals surface area contributed by atoms with Crippen molar-refractivity contribution in [3.8, 4) is 5.75 Å². The number of benzene rings is 1. The molecule has 34 heavy (non-hydrogen) atoms. The molecule has 0 saturated heterocycles. The number of halogens is 2. The van der Waals surface area contributed by atoms with E-state index in [0.29, 0.717) is 23.1 Å². The zero-order chi connectivity index (χ0) is 24.8. The average Bonchev–Trinajstić information content (AvgIpc) is 3.25. The fourth-order valence-corrected chi connectivity index (χ4v) is 4.25. The molecule has 2 heterocycles. The van der Waals surface area contributed by atoms with Crippen LogP contribution in [0, 0.1) is 0 Å². The van der Waals surface area contributed by atoms with E-state index in [1.54, 1.807) is 11.4 Å². The number of aliphatic carboxylic acids is 1. The second kappa shape index (κ2) is 11.4. The number of aliphatic imine (C=N–C) groups is 1. The third-order valence-electron chi connectivity index (χ3n) is 4.63. The van der Waals surface area contributed by atoms with Gasteiger partial charge in [0.1, 0.15) is 11.8 Å². The third-order valence-corrected chi connectivity index (χ3v) is 6.06. The predicted molar refractivity (Wildman–Crippen MR) is 128 cm³/mol. The zero-order valence-electron chi connectivity index (χ0n) is 17.5. The number of rotatable bonds is 8. The summed E-state index contributed by atoms with van der Waals surface area (Å²) in [6.07, 6.45) is -0.814. The highest BCUT2D eigenvalue weighted by Gasteiger charge is 2.23. The molecule has 2 unspecified atom stereocenters. The molecular formula is C20H21Cl2N5O6S. The molecule has 1 aromatic carbocycles. The van der Waals surface area contributed by atoms with E-state index in [1.165, 1.54) is 12.1 Å². The summed E-state index contributed by atoms with van der Waals surface area (Å²) in [5.41, 5.74) is 0.757. The first-order chi connectivity index (χ1) is 16.1. The second-order valence-corrected chi connectivity index (χ2v) is 9.04. The van der Waals surface area contributed by atoms with Crippen molar-refractivity contribution >= 4 is 64.0 Å². The number of aliphatic hydroxyl groups excluding tert-OH is 1. The molecule has 0 aliphatic carbocycles. The van der Waals surface area contributed by atoms with Crippen molar-refractivity contribution in [3.05, 3.63) is 44.1 Å². The monoisotopic (exact) mass is 529 g/mol. The van der Waals surface area contributed by atoms with Gasteiger partial charge in [0, 0.05) is 23.4 Å². The van der Waals surface area contributed by atoms with Crippen LogP contribution in [0.5, 0.6) is 5.75 Å². The molecule has 182 valence electrons. The number of hydrogen-bond acceptors (Lipinski definition) is 9. The van der Waals surface area contributed by atoms with Crippen LogP contribution in [0.1, 0.15) is 15.2 Å². The lowest BCUT2D eigenvalue weighted by Crippen LogP contribution is -2.46. The maximum atomic E-state index is 12.4. The fourth-order valence-electron chi connectivity index (χ4n) is 2.96. The van der Waals surface area contributed by atoms with Gasteiger partial charge < -0.3 is 36.6 Å². The van der Waals surface area contributed by atoms with Gasteiger partial charge in [-0.05, 0) is 23.8 Å². The van der Waals surface area contributed by atoms with Gasteiger partial charge in [0.2, 0.25) is 5.91 Å². The van der Waals surface area contributed by atoms with Crippen LogP contribution in [0.4, 0.5) is 5.69 Å². The first kappa shape index (κ1) is 25.6. The number of β-amino-alcohol motifs (C(OH)–C–C–N with tert-alkyl or cyclic N) is 1. The molecule has 3 rings (SSSR count). The number of carboxylic acids is 1. The van der Waals surface area contributed by atoms with Crippen LogP contribution in [0.2, 0.25) is 10.0 Å². The van der Waals surface area contributed by atoms with Gasteiger partial charge in [0.25, 0.3) is 5.91 Å². The van der Waals surface area contributed by atoms with Crippen molar-refractivity contribution in [2.24, 2.45) is 4.99 Å². The number of phenolic OH excluding ortho intramolecular Hbond substituents is 1. The Morgan fingerprint density at radius 2 is 2.03 bits per heavy atom. The normalized spacial score (nSPS) is 16.1. The number of amides is 2. The van der Waals surface area contributed by atoms with Crippen molar-refractivity contribution in [2.75, 3.05) is 25.0 Å². The minimum absolute atomic E-state index is 0.0426. The number of nitrogens with one attached hydrogen (secondary N) is 4. The van der Waals surface area contributed by atoms with Crippen LogP contribution in [0.15, 0.2) is 28.6 Å². The number of phenols is 1. The molecule has 2 atom stereocenters. The van der Waals surface area contributed by atoms with E-state index in [4.69, 9.17) is 23.2 Å². The number of guanidine groups is 1. The van der Waals surface area contributed by atoms with E-state index in [2.05, 4.69) is 26.3 Å². The first-order valence-electron chi connectivity index (χ1n) is 9.91. The molecule has 1 aliphatic heterocycles. The molecular weight excluding hydrogens is 509 g/mol. The van der Waals surface area contributed by atoms with E-state index >= 15 is 0 Å².